The molecule has 0 radical (unpaired) electrons. The summed E-state index contributed by atoms with van der Waals surface area (Å²) in [6.45, 7) is 11.3. The van der Waals surface area contributed by atoms with Crippen LogP contribution in [0.4, 0.5) is 11.8 Å². The van der Waals surface area contributed by atoms with E-state index < -0.39 is 6.04 Å². The molecule has 2 fully saturated rings. The molecule has 0 spiro atoms. The van der Waals surface area contributed by atoms with Crippen molar-refractivity contribution >= 4 is 29.4 Å². The van der Waals surface area contributed by atoms with Crippen LogP contribution < -0.4 is 10.2 Å². The summed E-state index contributed by atoms with van der Waals surface area (Å²) in [5.41, 5.74) is 2.34. The summed E-state index contributed by atoms with van der Waals surface area (Å²) < 4.78 is 10.8. The molecule has 2 saturated heterocycles. The number of anilines is 2. The number of carbonyl (C=O) groups excluding carboxylic acids is 1. The molecule has 2 aromatic heterocycles. The Bertz CT molecular complexity index is 1310. The van der Waals surface area contributed by atoms with Crippen molar-refractivity contribution in [3.8, 4) is 11.6 Å². The molecule has 11 nitrogen and oxygen atoms in total. The first-order chi connectivity index (χ1) is 19.9. The number of esters is 1. The van der Waals surface area contributed by atoms with E-state index in [1.54, 1.807) is 6.20 Å². The van der Waals surface area contributed by atoms with Crippen LogP contribution in [0.1, 0.15) is 50.4 Å². The van der Waals surface area contributed by atoms with Gasteiger partial charge in [-0.25, -0.2) is 14.8 Å². The van der Waals surface area contributed by atoms with Crippen LogP contribution in [0, 0.1) is 6.92 Å². The fourth-order valence-electron chi connectivity index (χ4n) is 6.07. The minimum atomic E-state index is -0.414. The summed E-state index contributed by atoms with van der Waals surface area (Å²) in [6.07, 6.45) is 4.77. The maximum absolute atomic E-state index is 12.8. The minimum absolute atomic E-state index is 0.231. The Morgan fingerprint density at radius 3 is 2.56 bits per heavy atom. The van der Waals surface area contributed by atoms with Crippen molar-refractivity contribution < 1.29 is 13.9 Å². The number of rotatable bonds is 9. The monoisotopic (exact) mass is 582 g/mol. The lowest BCUT2D eigenvalue weighted by Crippen LogP contribution is -2.59. The predicted molar refractivity (Wildman–Crippen MR) is 158 cm³/mol. The number of hydrogen-bond donors (Lipinski definition) is 1. The molecule has 41 heavy (non-hydrogen) atoms. The summed E-state index contributed by atoms with van der Waals surface area (Å²) in [4.78, 5) is 29.5. The largest absolute Gasteiger partial charge is 0.468 e. The number of hydrogen-bond acceptors (Lipinski definition) is 11. The van der Waals surface area contributed by atoms with Gasteiger partial charge in [0.2, 0.25) is 0 Å². The topological polar surface area (TPSA) is 113 Å². The van der Waals surface area contributed by atoms with Crippen LogP contribution >= 0.6 is 11.6 Å². The highest BCUT2D eigenvalue weighted by Gasteiger charge is 2.37. The van der Waals surface area contributed by atoms with Crippen LogP contribution in [0.15, 0.2) is 34.9 Å². The van der Waals surface area contributed by atoms with E-state index in [0.29, 0.717) is 41.3 Å². The molecule has 1 N–H and O–H groups in total. The van der Waals surface area contributed by atoms with Crippen LogP contribution in [0.2, 0.25) is 5.02 Å². The number of ether oxygens (including phenoxy) is 1. The molecule has 12 heteroatoms. The molecule has 4 heterocycles. The number of halogens is 1. The average molecular weight is 583 g/mol. The fraction of sp³-hybridized carbons (Fsp3) is 0.552. The van der Waals surface area contributed by atoms with Gasteiger partial charge in [0.1, 0.15) is 17.6 Å². The number of nitrogens with zero attached hydrogens (tertiary/aromatic N) is 7. The Kier molecular flexibility index (Phi) is 9.36. The second kappa shape index (κ2) is 13.1. The van der Waals surface area contributed by atoms with Crippen molar-refractivity contribution in [2.75, 3.05) is 56.6 Å². The number of aryl methyl sites for hydroxylation is 1. The average Bonchev–Trinajstić information content (AvgIpc) is 3.47. The van der Waals surface area contributed by atoms with Gasteiger partial charge in [-0.15, -0.1) is 5.10 Å². The number of piperazine rings is 1. The molecular formula is C29H39ClN8O3. The third-order valence-corrected chi connectivity index (χ3v) is 8.39. The van der Waals surface area contributed by atoms with Crippen LogP contribution in [0.5, 0.6) is 0 Å². The molecule has 2 aliphatic rings. The van der Waals surface area contributed by atoms with Gasteiger partial charge in [-0.1, -0.05) is 35.8 Å². The van der Waals surface area contributed by atoms with Gasteiger partial charge in [0.15, 0.2) is 0 Å². The summed E-state index contributed by atoms with van der Waals surface area (Å²) >= 11 is 6.09. The molecule has 0 aliphatic carbocycles. The first-order valence-electron chi connectivity index (χ1n) is 14.4. The Morgan fingerprint density at radius 1 is 1.15 bits per heavy atom. The molecule has 2 aliphatic heterocycles. The molecule has 1 unspecified atom stereocenters. The third kappa shape index (κ3) is 6.47. The number of benzene rings is 1. The number of nitrogens with one attached hydrogen (secondary N) is 1. The van der Waals surface area contributed by atoms with E-state index in [0.717, 1.165) is 69.1 Å². The fourth-order valence-corrected chi connectivity index (χ4v) is 6.20. The molecule has 220 valence electrons. The van der Waals surface area contributed by atoms with Crippen LogP contribution in [-0.4, -0.2) is 94.4 Å². The molecule has 2 atom stereocenters. The zero-order chi connectivity index (χ0) is 28.9. The highest BCUT2D eigenvalue weighted by Crippen LogP contribution is 2.31. The second-order valence-electron chi connectivity index (χ2n) is 10.6. The number of likely N-dealkylation sites (tertiary alicyclic amines) is 1. The first-order valence-corrected chi connectivity index (χ1v) is 14.8. The number of aromatic nitrogens is 4. The standard InChI is InChI=1S/C29H39ClN8O3/c1-5-22-18-37(26-19(3)33-24(17-32-26)27-34-35-29(41-27)31-6-2)15-16-38(22)23-11-13-36(14-12-23)25(28(39)40-4)20-7-9-21(30)10-8-20/h7-10,17,22-23,25H,5-6,11-16,18H2,1-4H3,(H,31,35)/t22-,25?/m0/s1. The molecule has 1 aromatic carbocycles. The summed E-state index contributed by atoms with van der Waals surface area (Å²) in [5.74, 6) is 1.03. The van der Waals surface area contributed by atoms with Gasteiger partial charge in [-0.2, -0.15) is 0 Å². The lowest BCUT2D eigenvalue weighted by atomic mass is 9.95. The third-order valence-electron chi connectivity index (χ3n) is 8.14. The van der Waals surface area contributed by atoms with E-state index >= 15 is 0 Å². The van der Waals surface area contributed by atoms with Gasteiger partial charge in [-0.3, -0.25) is 9.80 Å². The van der Waals surface area contributed by atoms with Gasteiger partial charge in [-0.05, 0) is 50.8 Å². The zero-order valence-corrected chi connectivity index (χ0v) is 25.0. The molecule has 5 rings (SSSR count). The lowest BCUT2D eigenvalue weighted by molar-refractivity contribution is -0.148. The summed E-state index contributed by atoms with van der Waals surface area (Å²) in [6, 6.07) is 8.35. The van der Waals surface area contributed by atoms with Gasteiger partial charge in [0.25, 0.3) is 5.89 Å². The zero-order valence-electron chi connectivity index (χ0n) is 24.2. The Labute approximate surface area is 246 Å². The van der Waals surface area contributed by atoms with Gasteiger partial charge >= 0.3 is 12.0 Å². The second-order valence-corrected chi connectivity index (χ2v) is 11.0. The van der Waals surface area contributed by atoms with E-state index in [-0.39, 0.29) is 5.97 Å². The van der Waals surface area contributed by atoms with Crippen LogP contribution in [0.3, 0.4) is 0 Å². The molecular weight excluding hydrogens is 544 g/mol. The van der Waals surface area contributed by atoms with Crippen molar-refractivity contribution in [3.63, 3.8) is 0 Å². The van der Waals surface area contributed by atoms with Gasteiger partial charge in [0, 0.05) is 56.4 Å². The highest BCUT2D eigenvalue weighted by molar-refractivity contribution is 6.30. The Balaban J connectivity index is 1.22. The predicted octanol–water partition coefficient (Wildman–Crippen LogP) is 4.20. The smallest absolute Gasteiger partial charge is 0.327 e. The lowest BCUT2D eigenvalue weighted by Gasteiger charge is -2.48. The van der Waals surface area contributed by atoms with Gasteiger partial charge in [0.05, 0.1) is 19.0 Å². The maximum atomic E-state index is 12.8. The molecule has 3 aromatic rings. The number of methoxy groups -OCH3 is 1. The van der Waals surface area contributed by atoms with E-state index in [4.69, 9.17) is 30.7 Å². The molecule has 0 amide bonds. The quantitative estimate of drug-likeness (QED) is 0.366. The van der Waals surface area contributed by atoms with E-state index in [1.807, 2.05) is 38.1 Å². The summed E-state index contributed by atoms with van der Waals surface area (Å²) in [5, 5.41) is 11.8. The SMILES string of the molecule is CCNc1nnc(-c2cnc(N3CCN(C4CCN(C(C(=O)OC)c5ccc(Cl)cc5)CC4)[C@@H](CC)C3)c(C)n2)o1. The Hall–Kier alpha value is -3.28. The maximum Gasteiger partial charge on any atom is 0.327 e. The van der Waals surface area contributed by atoms with E-state index in [2.05, 4.69) is 37.1 Å². The number of carbonyl (C=O) groups is 1. The van der Waals surface area contributed by atoms with Crippen molar-refractivity contribution in [1.29, 1.82) is 0 Å². The van der Waals surface area contributed by atoms with Crippen molar-refractivity contribution in [2.24, 2.45) is 0 Å². The molecule has 0 bridgehead atoms. The van der Waals surface area contributed by atoms with Crippen LogP contribution in [-0.2, 0) is 9.53 Å². The van der Waals surface area contributed by atoms with Gasteiger partial charge < -0.3 is 19.4 Å². The first kappa shape index (κ1) is 29.2. The van der Waals surface area contributed by atoms with E-state index in [9.17, 15) is 4.79 Å². The van der Waals surface area contributed by atoms with Crippen molar-refractivity contribution in [2.45, 2.75) is 58.2 Å². The minimum Gasteiger partial charge on any atom is -0.468 e. The summed E-state index contributed by atoms with van der Waals surface area (Å²) in [7, 11) is 1.45. The van der Waals surface area contributed by atoms with E-state index in [1.165, 1.54) is 7.11 Å². The highest BCUT2D eigenvalue weighted by atomic mass is 35.5. The van der Waals surface area contributed by atoms with Crippen LogP contribution in [0.25, 0.3) is 11.6 Å². The van der Waals surface area contributed by atoms with Crippen molar-refractivity contribution in [1.82, 2.24) is 30.0 Å². The van der Waals surface area contributed by atoms with Crippen molar-refractivity contribution in [3.05, 3.63) is 46.7 Å². The normalized spacial score (nSPS) is 19.7. The number of piperidine rings is 1. The molecule has 0 saturated carbocycles. The Morgan fingerprint density at radius 2 is 1.90 bits per heavy atom.